The third-order valence-corrected chi connectivity index (χ3v) is 7.47. The molecule has 0 bridgehead atoms. The number of thiophene rings is 1. The molecular weight excluding hydrogens is 280 g/mol. The van der Waals surface area contributed by atoms with Gasteiger partial charge in [-0.1, -0.05) is 13.3 Å². The molecule has 6 heteroatoms. The van der Waals surface area contributed by atoms with E-state index in [-0.39, 0.29) is 0 Å². The van der Waals surface area contributed by atoms with Crippen molar-refractivity contribution in [2.75, 3.05) is 13.1 Å². The van der Waals surface area contributed by atoms with Crippen molar-refractivity contribution in [3.8, 4) is 0 Å². The molecule has 108 valence electrons. The van der Waals surface area contributed by atoms with Gasteiger partial charge in [-0.25, -0.2) is 8.42 Å². The Morgan fingerprint density at radius 2 is 2.16 bits per heavy atom. The van der Waals surface area contributed by atoms with Gasteiger partial charge in [0.1, 0.15) is 4.21 Å². The first-order valence-corrected chi connectivity index (χ1v) is 9.04. The zero-order valence-corrected chi connectivity index (χ0v) is 13.2. The number of nitrogens with two attached hydrogens (primary N) is 1. The van der Waals surface area contributed by atoms with Gasteiger partial charge in [-0.05, 0) is 37.3 Å². The lowest BCUT2D eigenvalue weighted by molar-refractivity contribution is 0.250. The summed E-state index contributed by atoms with van der Waals surface area (Å²) in [5, 5.41) is 0. The number of hydrogen-bond donors (Lipinski definition) is 1. The molecule has 4 nitrogen and oxygen atoms in total. The van der Waals surface area contributed by atoms with E-state index in [0.717, 1.165) is 23.3 Å². The van der Waals surface area contributed by atoms with E-state index in [4.69, 9.17) is 5.73 Å². The van der Waals surface area contributed by atoms with Gasteiger partial charge < -0.3 is 5.73 Å². The van der Waals surface area contributed by atoms with Gasteiger partial charge in [-0.15, -0.1) is 11.3 Å². The van der Waals surface area contributed by atoms with Crippen molar-refractivity contribution in [1.82, 2.24) is 4.31 Å². The molecule has 2 rings (SSSR count). The largest absolute Gasteiger partial charge is 0.326 e. The predicted octanol–water partition coefficient (Wildman–Crippen LogP) is 2.33. The van der Waals surface area contributed by atoms with Gasteiger partial charge >= 0.3 is 0 Å². The smallest absolute Gasteiger partial charge is 0.252 e. The molecule has 1 aliphatic rings. The van der Waals surface area contributed by atoms with E-state index < -0.39 is 10.0 Å². The maximum atomic E-state index is 12.6. The van der Waals surface area contributed by atoms with Crippen LogP contribution in [0.15, 0.2) is 10.3 Å². The second-order valence-electron chi connectivity index (χ2n) is 5.13. The first-order valence-electron chi connectivity index (χ1n) is 6.78. The quantitative estimate of drug-likeness (QED) is 0.877. The lowest BCUT2D eigenvalue weighted by atomic mass is 9.85. The third kappa shape index (κ3) is 3.02. The standard InChI is InChI=1S/C13H22N2O2S2/c1-3-15(9-11-5-4-6-11)19(16,17)13-7-10(2)12(8-14)18-13/h7,11H,3-6,8-9,14H2,1-2H3. The number of aryl methyl sites for hydroxylation is 1. The molecule has 1 aromatic rings. The van der Waals surface area contributed by atoms with Crippen molar-refractivity contribution in [2.24, 2.45) is 11.7 Å². The minimum absolute atomic E-state index is 0.404. The van der Waals surface area contributed by atoms with Crippen molar-refractivity contribution in [1.29, 1.82) is 0 Å². The Labute approximate surface area is 119 Å². The van der Waals surface area contributed by atoms with Crippen LogP contribution >= 0.6 is 11.3 Å². The second kappa shape index (κ2) is 5.91. The van der Waals surface area contributed by atoms with Crippen LogP contribution in [0.25, 0.3) is 0 Å². The molecular formula is C13H22N2O2S2. The number of nitrogens with zero attached hydrogens (tertiary/aromatic N) is 1. The molecule has 19 heavy (non-hydrogen) atoms. The Hall–Kier alpha value is -0.430. The van der Waals surface area contributed by atoms with E-state index in [1.54, 1.807) is 10.4 Å². The summed E-state index contributed by atoms with van der Waals surface area (Å²) >= 11 is 1.31. The van der Waals surface area contributed by atoms with Crippen molar-refractivity contribution in [3.63, 3.8) is 0 Å². The Balaban J connectivity index is 2.22. The van der Waals surface area contributed by atoms with E-state index in [0.29, 0.717) is 29.8 Å². The van der Waals surface area contributed by atoms with Crippen LogP contribution in [0.4, 0.5) is 0 Å². The van der Waals surface area contributed by atoms with Crippen LogP contribution in [0, 0.1) is 12.8 Å². The summed E-state index contributed by atoms with van der Waals surface area (Å²) < 4.78 is 27.3. The van der Waals surface area contributed by atoms with Crippen molar-refractivity contribution < 1.29 is 8.42 Å². The molecule has 0 unspecified atom stereocenters. The first-order chi connectivity index (χ1) is 8.98. The van der Waals surface area contributed by atoms with Crippen LogP contribution in [-0.4, -0.2) is 25.8 Å². The summed E-state index contributed by atoms with van der Waals surface area (Å²) in [7, 11) is -3.34. The van der Waals surface area contributed by atoms with Crippen LogP contribution in [0.1, 0.15) is 36.6 Å². The monoisotopic (exact) mass is 302 g/mol. The maximum Gasteiger partial charge on any atom is 0.252 e. The summed E-state index contributed by atoms with van der Waals surface area (Å²) in [5.74, 6) is 0.546. The Bertz CT molecular complexity index is 533. The average molecular weight is 302 g/mol. The van der Waals surface area contributed by atoms with E-state index in [1.165, 1.54) is 17.8 Å². The predicted molar refractivity (Wildman–Crippen MR) is 78.7 cm³/mol. The highest BCUT2D eigenvalue weighted by molar-refractivity contribution is 7.91. The molecule has 1 aromatic heterocycles. The van der Waals surface area contributed by atoms with Gasteiger partial charge in [0, 0.05) is 24.5 Å². The topological polar surface area (TPSA) is 63.4 Å². The van der Waals surface area contributed by atoms with Crippen LogP contribution in [0.2, 0.25) is 0 Å². The Kier molecular flexibility index (Phi) is 4.66. The number of hydrogen-bond acceptors (Lipinski definition) is 4. The van der Waals surface area contributed by atoms with Crippen molar-refractivity contribution >= 4 is 21.4 Å². The summed E-state index contributed by atoms with van der Waals surface area (Å²) in [6.45, 7) is 5.42. The molecule has 0 saturated heterocycles. The molecule has 1 fully saturated rings. The van der Waals surface area contributed by atoms with Gasteiger partial charge in [0.25, 0.3) is 10.0 Å². The van der Waals surface area contributed by atoms with Gasteiger partial charge in [0.15, 0.2) is 0 Å². The third-order valence-electron chi connectivity index (χ3n) is 3.82. The SMILES string of the molecule is CCN(CC1CCC1)S(=O)(=O)c1cc(C)c(CN)s1. The van der Waals surface area contributed by atoms with E-state index in [1.807, 2.05) is 13.8 Å². The molecule has 0 atom stereocenters. The molecule has 0 spiro atoms. The summed E-state index contributed by atoms with van der Waals surface area (Å²) in [4.78, 5) is 0.957. The first kappa shape index (κ1) is 15.0. The minimum Gasteiger partial charge on any atom is -0.326 e. The van der Waals surface area contributed by atoms with Gasteiger partial charge in [-0.3, -0.25) is 0 Å². The molecule has 0 aliphatic heterocycles. The fourth-order valence-electron chi connectivity index (χ4n) is 2.31. The molecule has 1 heterocycles. The fourth-order valence-corrected chi connectivity index (χ4v) is 5.45. The minimum atomic E-state index is -3.34. The highest BCUT2D eigenvalue weighted by atomic mass is 32.2. The summed E-state index contributed by atoms with van der Waals surface area (Å²) in [6, 6.07) is 1.76. The van der Waals surface area contributed by atoms with E-state index in [2.05, 4.69) is 0 Å². The zero-order chi connectivity index (χ0) is 14.0. The van der Waals surface area contributed by atoms with Crippen molar-refractivity contribution in [2.45, 2.75) is 43.9 Å². The van der Waals surface area contributed by atoms with Crippen molar-refractivity contribution in [3.05, 3.63) is 16.5 Å². The second-order valence-corrected chi connectivity index (χ2v) is 8.43. The van der Waals surface area contributed by atoms with E-state index in [9.17, 15) is 8.42 Å². The molecule has 0 amide bonds. The molecule has 2 N–H and O–H groups in total. The Morgan fingerprint density at radius 1 is 1.47 bits per heavy atom. The average Bonchev–Trinajstić information content (AvgIpc) is 2.69. The Morgan fingerprint density at radius 3 is 2.58 bits per heavy atom. The molecule has 0 radical (unpaired) electrons. The lowest BCUT2D eigenvalue weighted by Gasteiger charge is -2.30. The number of sulfonamides is 1. The maximum absolute atomic E-state index is 12.6. The summed E-state index contributed by atoms with van der Waals surface area (Å²) in [5.41, 5.74) is 6.61. The van der Waals surface area contributed by atoms with Crippen LogP contribution in [-0.2, 0) is 16.6 Å². The molecule has 1 saturated carbocycles. The van der Waals surface area contributed by atoms with Gasteiger partial charge in [-0.2, -0.15) is 4.31 Å². The normalized spacial score (nSPS) is 16.8. The molecule has 1 aliphatic carbocycles. The van der Waals surface area contributed by atoms with E-state index >= 15 is 0 Å². The van der Waals surface area contributed by atoms with Gasteiger partial charge in [0.2, 0.25) is 0 Å². The summed E-state index contributed by atoms with van der Waals surface area (Å²) in [6.07, 6.45) is 3.55. The van der Waals surface area contributed by atoms with Crippen LogP contribution in [0.3, 0.4) is 0 Å². The fraction of sp³-hybridized carbons (Fsp3) is 0.692. The highest BCUT2D eigenvalue weighted by Crippen LogP contribution is 2.32. The van der Waals surface area contributed by atoms with Gasteiger partial charge in [0.05, 0.1) is 0 Å². The zero-order valence-electron chi connectivity index (χ0n) is 11.6. The van der Waals surface area contributed by atoms with Crippen LogP contribution < -0.4 is 5.73 Å². The van der Waals surface area contributed by atoms with Crippen LogP contribution in [0.5, 0.6) is 0 Å². The highest BCUT2D eigenvalue weighted by Gasteiger charge is 2.29. The molecule has 0 aromatic carbocycles. The number of rotatable bonds is 6. The lowest BCUT2D eigenvalue weighted by Crippen LogP contribution is -2.36.